The minimum Gasteiger partial charge on any atom is -0.495 e. The maximum Gasteiger partial charge on any atom is 0.136 e. The lowest BCUT2D eigenvalue weighted by atomic mass is 9.96. The van der Waals surface area contributed by atoms with Crippen molar-refractivity contribution in [2.24, 2.45) is 5.92 Å². The fourth-order valence-corrected chi connectivity index (χ4v) is 2.90. The monoisotopic (exact) mass is 287 g/mol. The van der Waals surface area contributed by atoms with Gasteiger partial charge in [-0.1, -0.05) is 13.0 Å². The van der Waals surface area contributed by atoms with Gasteiger partial charge >= 0.3 is 0 Å². The number of methoxy groups -OCH3 is 1. The van der Waals surface area contributed by atoms with Crippen LogP contribution in [0.25, 0.3) is 0 Å². The van der Waals surface area contributed by atoms with E-state index in [1.165, 1.54) is 18.4 Å². The van der Waals surface area contributed by atoms with Gasteiger partial charge in [-0.15, -0.1) is 0 Å². The van der Waals surface area contributed by atoms with Crippen molar-refractivity contribution in [3.63, 3.8) is 0 Å². The average molecular weight is 287 g/mol. The van der Waals surface area contributed by atoms with Crippen LogP contribution in [0, 0.1) is 17.2 Å². The van der Waals surface area contributed by atoms with Crippen LogP contribution < -0.4 is 10.1 Å². The molecule has 1 N–H and O–H groups in total. The van der Waals surface area contributed by atoms with Gasteiger partial charge in [0.05, 0.1) is 12.7 Å². The number of piperidine rings is 1. The highest BCUT2D eigenvalue weighted by molar-refractivity contribution is 5.45. The molecule has 1 heterocycles. The molecule has 114 valence electrons. The standard InChI is InChI=1S/C17H25N3O/c1-3-19-12-14-6-8-20(9-7-14)13-15-4-5-17(21-2)16(10-15)11-18/h4-5,10,14,19H,3,6-9,12-13H2,1-2H3. The number of nitrogens with zero attached hydrogens (tertiary/aromatic N) is 2. The van der Waals surface area contributed by atoms with Crippen LogP contribution in [-0.2, 0) is 6.54 Å². The molecule has 0 unspecified atom stereocenters. The molecule has 0 radical (unpaired) electrons. The Hall–Kier alpha value is -1.57. The fourth-order valence-electron chi connectivity index (χ4n) is 2.90. The van der Waals surface area contributed by atoms with Gasteiger partial charge in [0.15, 0.2) is 0 Å². The van der Waals surface area contributed by atoms with Gasteiger partial charge in [0, 0.05) is 6.54 Å². The summed E-state index contributed by atoms with van der Waals surface area (Å²) in [6.45, 7) is 7.57. The lowest BCUT2D eigenvalue weighted by Crippen LogP contribution is -2.36. The lowest BCUT2D eigenvalue weighted by Gasteiger charge is -2.32. The summed E-state index contributed by atoms with van der Waals surface area (Å²) in [6.07, 6.45) is 2.52. The van der Waals surface area contributed by atoms with Gasteiger partial charge in [-0.05, 0) is 62.6 Å². The number of ether oxygens (including phenoxy) is 1. The van der Waals surface area contributed by atoms with Crippen LogP contribution in [0.3, 0.4) is 0 Å². The molecule has 0 atom stereocenters. The van der Waals surface area contributed by atoms with E-state index in [4.69, 9.17) is 10.00 Å². The van der Waals surface area contributed by atoms with E-state index in [-0.39, 0.29) is 0 Å². The first kappa shape index (κ1) is 15.8. The number of likely N-dealkylation sites (tertiary alicyclic amines) is 1. The van der Waals surface area contributed by atoms with Crippen LogP contribution in [-0.4, -0.2) is 38.2 Å². The number of rotatable bonds is 6. The minimum atomic E-state index is 0.622. The molecule has 21 heavy (non-hydrogen) atoms. The predicted octanol–water partition coefficient (Wildman–Crippen LogP) is 2.39. The molecule has 1 aliphatic heterocycles. The third-order valence-corrected chi connectivity index (χ3v) is 4.18. The SMILES string of the molecule is CCNCC1CCN(Cc2ccc(OC)c(C#N)c2)CC1. The molecule has 1 aromatic rings. The van der Waals surface area contributed by atoms with Crippen molar-refractivity contribution in [2.45, 2.75) is 26.3 Å². The minimum absolute atomic E-state index is 0.622. The highest BCUT2D eigenvalue weighted by Gasteiger charge is 2.19. The maximum atomic E-state index is 9.15. The Balaban J connectivity index is 1.87. The maximum absolute atomic E-state index is 9.15. The molecule has 0 amide bonds. The van der Waals surface area contributed by atoms with E-state index in [2.05, 4.69) is 29.3 Å². The molecule has 0 aromatic heterocycles. The molecule has 0 bridgehead atoms. The smallest absolute Gasteiger partial charge is 0.136 e. The molecule has 1 aromatic carbocycles. The molecule has 4 heteroatoms. The van der Waals surface area contributed by atoms with Gasteiger partial charge in [-0.2, -0.15) is 5.26 Å². The number of nitrogens with one attached hydrogen (secondary N) is 1. The summed E-state index contributed by atoms with van der Waals surface area (Å²) in [4.78, 5) is 2.48. The van der Waals surface area contributed by atoms with Crippen LogP contribution in [0.2, 0.25) is 0 Å². The van der Waals surface area contributed by atoms with E-state index in [1.54, 1.807) is 7.11 Å². The van der Waals surface area contributed by atoms with Crippen molar-refractivity contribution in [1.82, 2.24) is 10.2 Å². The summed E-state index contributed by atoms with van der Waals surface area (Å²) in [5.74, 6) is 1.47. The van der Waals surface area contributed by atoms with Crippen molar-refractivity contribution in [3.8, 4) is 11.8 Å². The number of benzene rings is 1. The van der Waals surface area contributed by atoms with Gasteiger partial charge in [0.25, 0.3) is 0 Å². The molecule has 1 aliphatic rings. The Morgan fingerprint density at radius 3 is 2.76 bits per heavy atom. The van der Waals surface area contributed by atoms with Gasteiger partial charge in [-0.25, -0.2) is 0 Å². The van der Waals surface area contributed by atoms with Crippen molar-refractivity contribution in [1.29, 1.82) is 5.26 Å². The number of nitriles is 1. The van der Waals surface area contributed by atoms with Gasteiger partial charge in [-0.3, -0.25) is 4.90 Å². The van der Waals surface area contributed by atoms with Crippen molar-refractivity contribution in [3.05, 3.63) is 29.3 Å². The molecule has 0 saturated carbocycles. The van der Waals surface area contributed by atoms with Crippen LogP contribution >= 0.6 is 0 Å². The van der Waals surface area contributed by atoms with E-state index in [1.807, 2.05) is 12.1 Å². The van der Waals surface area contributed by atoms with Crippen LogP contribution in [0.4, 0.5) is 0 Å². The largest absolute Gasteiger partial charge is 0.495 e. The fraction of sp³-hybridized carbons (Fsp3) is 0.588. The first-order chi connectivity index (χ1) is 10.3. The van der Waals surface area contributed by atoms with Crippen molar-refractivity contribution in [2.75, 3.05) is 33.3 Å². The Labute approximate surface area is 127 Å². The molecule has 1 fully saturated rings. The Bertz CT molecular complexity index is 487. The van der Waals surface area contributed by atoms with E-state index in [0.717, 1.165) is 38.6 Å². The Kier molecular flexibility index (Phi) is 6.04. The second-order valence-corrected chi connectivity index (χ2v) is 5.67. The van der Waals surface area contributed by atoms with E-state index in [9.17, 15) is 0 Å². The van der Waals surface area contributed by atoms with E-state index in [0.29, 0.717) is 11.3 Å². The van der Waals surface area contributed by atoms with E-state index < -0.39 is 0 Å². The first-order valence-corrected chi connectivity index (χ1v) is 7.77. The van der Waals surface area contributed by atoms with Gasteiger partial charge in [0.1, 0.15) is 11.8 Å². The van der Waals surface area contributed by atoms with Crippen LogP contribution in [0.1, 0.15) is 30.9 Å². The summed E-state index contributed by atoms with van der Waals surface area (Å²) in [5, 5.41) is 12.6. The summed E-state index contributed by atoms with van der Waals surface area (Å²) in [5.41, 5.74) is 1.81. The van der Waals surface area contributed by atoms with Crippen LogP contribution in [0.5, 0.6) is 5.75 Å². The highest BCUT2D eigenvalue weighted by atomic mass is 16.5. The first-order valence-electron chi connectivity index (χ1n) is 7.77. The summed E-state index contributed by atoms with van der Waals surface area (Å²) < 4.78 is 5.19. The summed E-state index contributed by atoms with van der Waals surface area (Å²) in [7, 11) is 1.60. The zero-order valence-electron chi connectivity index (χ0n) is 13.1. The number of hydrogen-bond acceptors (Lipinski definition) is 4. The summed E-state index contributed by atoms with van der Waals surface area (Å²) >= 11 is 0. The molecule has 1 saturated heterocycles. The molecular formula is C17H25N3O. The lowest BCUT2D eigenvalue weighted by molar-refractivity contribution is 0.176. The molecule has 4 nitrogen and oxygen atoms in total. The quantitative estimate of drug-likeness (QED) is 0.873. The van der Waals surface area contributed by atoms with Gasteiger partial charge < -0.3 is 10.1 Å². The van der Waals surface area contributed by atoms with E-state index >= 15 is 0 Å². The highest BCUT2D eigenvalue weighted by Crippen LogP contribution is 2.22. The predicted molar refractivity (Wildman–Crippen MR) is 84.3 cm³/mol. The topological polar surface area (TPSA) is 48.3 Å². The molecule has 2 rings (SSSR count). The second kappa shape index (κ2) is 8.02. The van der Waals surface area contributed by atoms with Crippen LogP contribution in [0.15, 0.2) is 18.2 Å². The Morgan fingerprint density at radius 2 is 2.14 bits per heavy atom. The van der Waals surface area contributed by atoms with Gasteiger partial charge in [0.2, 0.25) is 0 Å². The van der Waals surface area contributed by atoms with Crippen molar-refractivity contribution < 1.29 is 4.74 Å². The summed E-state index contributed by atoms with van der Waals surface area (Å²) in [6, 6.07) is 8.11. The third-order valence-electron chi connectivity index (χ3n) is 4.18. The number of hydrogen-bond donors (Lipinski definition) is 1. The molecule has 0 spiro atoms. The molecular weight excluding hydrogens is 262 g/mol. The van der Waals surface area contributed by atoms with Crippen molar-refractivity contribution >= 4 is 0 Å². The average Bonchev–Trinajstić information content (AvgIpc) is 2.54. The normalized spacial score (nSPS) is 16.6. The molecule has 0 aliphatic carbocycles. The zero-order chi connectivity index (χ0) is 15.1. The third kappa shape index (κ3) is 4.45. The second-order valence-electron chi connectivity index (χ2n) is 5.67. The zero-order valence-corrected chi connectivity index (χ0v) is 13.1. The Morgan fingerprint density at radius 1 is 1.38 bits per heavy atom.